The molecule has 0 fully saturated rings. The van der Waals surface area contributed by atoms with Gasteiger partial charge in [-0.3, -0.25) is 19.4 Å². The van der Waals surface area contributed by atoms with E-state index >= 15 is 0 Å². The van der Waals surface area contributed by atoms with Gasteiger partial charge in [0.2, 0.25) is 5.91 Å². The van der Waals surface area contributed by atoms with Gasteiger partial charge in [0.25, 0.3) is 0 Å². The van der Waals surface area contributed by atoms with Crippen molar-refractivity contribution >= 4 is 29.1 Å². The summed E-state index contributed by atoms with van der Waals surface area (Å²) in [6.45, 7) is 2.07. The Morgan fingerprint density at radius 3 is 2.80 bits per heavy atom. The maximum absolute atomic E-state index is 12.0. The van der Waals surface area contributed by atoms with E-state index in [1.807, 2.05) is 31.2 Å². The van der Waals surface area contributed by atoms with Crippen LogP contribution < -0.4 is 16.0 Å². The van der Waals surface area contributed by atoms with Crippen molar-refractivity contribution < 1.29 is 14.4 Å². The highest BCUT2D eigenvalue weighted by molar-refractivity contribution is 6.39. The Bertz CT molecular complexity index is 835. The van der Waals surface area contributed by atoms with E-state index in [4.69, 9.17) is 0 Å². The summed E-state index contributed by atoms with van der Waals surface area (Å²) in [4.78, 5) is 39.7. The maximum atomic E-state index is 12.0. The highest BCUT2D eigenvalue weighted by Crippen LogP contribution is 2.33. The lowest BCUT2D eigenvalue weighted by Crippen LogP contribution is -2.36. The third-order valence-electron chi connectivity index (χ3n) is 3.97. The van der Waals surface area contributed by atoms with Crippen LogP contribution in [-0.4, -0.2) is 29.3 Å². The molecular formula is C18H18N4O3. The zero-order valence-electron chi connectivity index (χ0n) is 13.7. The van der Waals surface area contributed by atoms with E-state index in [1.165, 1.54) is 6.20 Å². The third kappa shape index (κ3) is 3.82. The van der Waals surface area contributed by atoms with Gasteiger partial charge in [-0.05, 0) is 36.6 Å². The number of aromatic nitrogens is 1. The second-order valence-corrected chi connectivity index (χ2v) is 5.88. The zero-order chi connectivity index (χ0) is 17.8. The Morgan fingerprint density at radius 1 is 1.20 bits per heavy atom. The van der Waals surface area contributed by atoms with Crippen molar-refractivity contribution in [1.29, 1.82) is 0 Å². The van der Waals surface area contributed by atoms with Gasteiger partial charge in [0.05, 0.1) is 17.8 Å². The molecule has 0 saturated heterocycles. The second-order valence-electron chi connectivity index (χ2n) is 5.88. The molecule has 0 radical (unpaired) electrons. The summed E-state index contributed by atoms with van der Waals surface area (Å²) in [7, 11) is 0. The van der Waals surface area contributed by atoms with Crippen LogP contribution in [0.5, 0.6) is 0 Å². The number of hydrogen-bond donors (Lipinski definition) is 3. The number of fused-ring (bicyclic) bond motifs is 1. The van der Waals surface area contributed by atoms with Gasteiger partial charge in [0, 0.05) is 18.4 Å². The first-order valence-electron chi connectivity index (χ1n) is 7.95. The first-order chi connectivity index (χ1) is 12.0. The van der Waals surface area contributed by atoms with E-state index in [-0.39, 0.29) is 18.4 Å². The molecule has 3 N–H and O–H groups in total. The Kier molecular flexibility index (Phi) is 4.74. The van der Waals surface area contributed by atoms with Crippen LogP contribution in [0.25, 0.3) is 0 Å². The van der Waals surface area contributed by atoms with E-state index in [0.29, 0.717) is 12.1 Å². The van der Waals surface area contributed by atoms with Crippen LogP contribution in [0.1, 0.15) is 23.5 Å². The van der Waals surface area contributed by atoms with Crippen LogP contribution in [0.3, 0.4) is 0 Å². The SMILES string of the molecule is Cc1cncc(NC(=O)C(=O)NCCC2C(=O)Nc3ccccc32)c1. The number of rotatable bonds is 4. The molecule has 7 nitrogen and oxygen atoms in total. The van der Waals surface area contributed by atoms with Gasteiger partial charge < -0.3 is 16.0 Å². The Balaban J connectivity index is 1.51. The number of hydrogen-bond acceptors (Lipinski definition) is 4. The lowest BCUT2D eigenvalue weighted by Gasteiger charge is -2.10. The summed E-state index contributed by atoms with van der Waals surface area (Å²) in [6, 6.07) is 9.17. The Hall–Kier alpha value is -3.22. The summed E-state index contributed by atoms with van der Waals surface area (Å²) < 4.78 is 0. The quantitative estimate of drug-likeness (QED) is 0.737. The zero-order valence-corrected chi connectivity index (χ0v) is 13.7. The number of pyridine rings is 1. The van der Waals surface area contributed by atoms with Crippen LogP contribution in [0.4, 0.5) is 11.4 Å². The normalized spacial score (nSPS) is 15.2. The lowest BCUT2D eigenvalue weighted by molar-refractivity contribution is -0.136. The minimum Gasteiger partial charge on any atom is -0.348 e. The molecule has 2 heterocycles. The van der Waals surface area contributed by atoms with E-state index in [9.17, 15) is 14.4 Å². The molecule has 3 amide bonds. The fraction of sp³-hybridized carbons (Fsp3) is 0.222. The summed E-state index contributed by atoms with van der Waals surface area (Å²) in [5.41, 5.74) is 3.05. The number of benzene rings is 1. The van der Waals surface area contributed by atoms with Gasteiger partial charge in [-0.25, -0.2) is 0 Å². The summed E-state index contributed by atoms with van der Waals surface area (Å²) >= 11 is 0. The van der Waals surface area contributed by atoms with Gasteiger partial charge in [-0.15, -0.1) is 0 Å². The number of aryl methyl sites for hydroxylation is 1. The van der Waals surface area contributed by atoms with Gasteiger partial charge in [0.1, 0.15) is 0 Å². The van der Waals surface area contributed by atoms with Crippen molar-refractivity contribution in [2.24, 2.45) is 0 Å². The largest absolute Gasteiger partial charge is 0.348 e. The Labute approximate surface area is 144 Å². The van der Waals surface area contributed by atoms with Crippen molar-refractivity contribution in [3.8, 4) is 0 Å². The monoisotopic (exact) mass is 338 g/mol. The van der Waals surface area contributed by atoms with Crippen molar-refractivity contribution in [3.05, 3.63) is 53.9 Å². The van der Waals surface area contributed by atoms with E-state index in [1.54, 1.807) is 12.3 Å². The molecule has 2 aromatic rings. The van der Waals surface area contributed by atoms with Crippen molar-refractivity contribution in [2.75, 3.05) is 17.2 Å². The van der Waals surface area contributed by atoms with Crippen LogP contribution >= 0.6 is 0 Å². The Morgan fingerprint density at radius 2 is 2.00 bits per heavy atom. The van der Waals surface area contributed by atoms with E-state index < -0.39 is 11.8 Å². The van der Waals surface area contributed by atoms with Crippen molar-refractivity contribution in [1.82, 2.24) is 10.3 Å². The molecule has 1 aromatic carbocycles. The fourth-order valence-corrected chi connectivity index (χ4v) is 2.78. The number of nitrogens with one attached hydrogen (secondary N) is 3. The van der Waals surface area contributed by atoms with E-state index in [2.05, 4.69) is 20.9 Å². The van der Waals surface area contributed by atoms with Crippen molar-refractivity contribution in [3.63, 3.8) is 0 Å². The molecule has 0 spiro atoms. The number of para-hydroxylation sites is 1. The fourth-order valence-electron chi connectivity index (χ4n) is 2.78. The molecule has 0 bridgehead atoms. The molecule has 0 saturated carbocycles. The molecule has 1 aliphatic heterocycles. The average Bonchev–Trinajstić information content (AvgIpc) is 2.90. The van der Waals surface area contributed by atoms with Crippen molar-refractivity contribution in [2.45, 2.75) is 19.3 Å². The number of nitrogens with zero attached hydrogens (tertiary/aromatic N) is 1. The highest BCUT2D eigenvalue weighted by atomic mass is 16.2. The molecular weight excluding hydrogens is 320 g/mol. The summed E-state index contributed by atoms with van der Waals surface area (Å²) in [5, 5.41) is 7.85. The van der Waals surface area contributed by atoms with Crippen LogP contribution in [-0.2, 0) is 14.4 Å². The second kappa shape index (κ2) is 7.12. The standard InChI is InChI=1S/C18H18N4O3/c1-11-8-12(10-19-9-11)21-18(25)17(24)20-7-6-14-13-4-2-3-5-15(13)22-16(14)23/h2-5,8-10,14H,6-7H2,1H3,(H,20,24)(H,21,25)(H,22,23). The molecule has 128 valence electrons. The minimum atomic E-state index is -0.760. The molecule has 1 aromatic heterocycles. The number of anilines is 2. The first-order valence-corrected chi connectivity index (χ1v) is 7.95. The summed E-state index contributed by atoms with van der Waals surface area (Å²) in [6.07, 6.45) is 3.55. The van der Waals surface area contributed by atoms with E-state index in [0.717, 1.165) is 16.8 Å². The van der Waals surface area contributed by atoms with Gasteiger partial charge >= 0.3 is 11.8 Å². The minimum absolute atomic E-state index is 0.0919. The third-order valence-corrected chi connectivity index (χ3v) is 3.97. The lowest BCUT2D eigenvalue weighted by atomic mass is 9.97. The first kappa shape index (κ1) is 16.6. The predicted octanol–water partition coefficient (Wildman–Crippen LogP) is 1.57. The molecule has 1 aliphatic rings. The molecule has 25 heavy (non-hydrogen) atoms. The van der Waals surface area contributed by atoms with Crippen LogP contribution in [0, 0.1) is 6.92 Å². The van der Waals surface area contributed by atoms with Crippen LogP contribution in [0.15, 0.2) is 42.7 Å². The molecule has 1 atom stereocenters. The van der Waals surface area contributed by atoms with Gasteiger partial charge in [-0.1, -0.05) is 18.2 Å². The average molecular weight is 338 g/mol. The molecule has 1 unspecified atom stereocenters. The molecule has 7 heteroatoms. The smallest absolute Gasteiger partial charge is 0.313 e. The number of amides is 3. The van der Waals surface area contributed by atoms with Gasteiger partial charge in [-0.2, -0.15) is 0 Å². The molecule has 0 aliphatic carbocycles. The maximum Gasteiger partial charge on any atom is 0.313 e. The predicted molar refractivity (Wildman–Crippen MR) is 93.0 cm³/mol. The van der Waals surface area contributed by atoms with Crippen LogP contribution in [0.2, 0.25) is 0 Å². The summed E-state index contributed by atoms with van der Waals surface area (Å²) in [5.74, 6) is -1.91. The highest BCUT2D eigenvalue weighted by Gasteiger charge is 2.29. The number of carbonyl (C=O) groups is 3. The van der Waals surface area contributed by atoms with Gasteiger partial charge in [0.15, 0.2) is 0 Å². The molecule has 3 rings (SSSR count). The topological polar surface area (TPSA) is 100 Å². The number of carbonyl (C=O) groups excluding carboxylic acids is 3.